The summed E-state index contributed by atoms with van der Waals surface area (Å²) in [6.07, 6.45) is -4.75. The number of rotatable bonds is 7. The van der Waals surface area contributed by atoms with E-state index >= 15 is 0 Å². The van der Waals surface area contributed by atoms with E-state index in [1.54, 1.807) is 6.92 Å². The van der Waals surface area contributed by atoms with Gasteiger partial charge in [-0.1, -0.05) is 6.92 Å². The summed E-state index contributed by atoms with van der Waals surface area (Å²) < 4.78 is 59.3. The maximum absolute atomic E-state index is 13.6. The molecular weight excluding hydrogens is 368 g/mol. The molecule has 1 unspecified atom stereocenters. The van der Waals surface area contributed by atoms with E-state index in [0.29, 0.717) is 17.5 Å². The summed E-state index contributed by atoms with van der Waals surface area (Å²) in [5, 5.41) is 12.2. The molecule has 1 atom stereocenters. The molecule has 2 aromatic rings. The molecule has 0 aliphatic rings. The largest absolute Gasteiger partial charge is 0.494 e. The first kappa shape index (κ1) is 20.6. The minimum atomic E-state index is -5.10. The number of aromatic nitrogens is 1. The molecule has 9 heteroatoms. The summed E-state index contributed by atoms with van der Waals surface area (Å²) in [4.78, 5) is 14.5. The third-order valence-corrected chi connectivity index (χ3v) is 4.09. The highest BCUT2D eigenvalue weighted by Gasteiger charge is 2.56. The lowest BCUT2D eigenvalue weighted by atomic mass is 9.94. The van der Waals surface area contributed by atoms with E-state index in [2.05, 4.69) is 4.98 Å². The second-order valence-electron chi connectivity index (χ2n) is 5.77. The summed E-state index contributed by atoms with van der Waals surface area (Å²) in [7, 11) is 1.34. The van der Waals surface area contributed by atoms with Crippen LogP contribution in [0.1, 0.15) is 18.2 Å². The van der Waals surface area contributed by atoms with Gasteiger partial charge in [0, 0.05) is 5.56 Å². The minimum Gasteiger partial charge on any atom is -0.494 e. The monoisotopic (exact) mass is 386 g/mol. The van der Waals surface area contributed by atoms with E-state index in [9.17, 15) is 27.5 Å². The van der Waals surface area contributed by atoms with Gasteiger partial charge in [-0.2, -0.15) is 13.2 Å². The first-order chi connectivity index (χ1) is 12.7. The van der Waals surface area contributed by atoms with Crippen LogP contribution in [0.25, 0.3) is 11.3 Å². The fourth-order valence-corrected chi connectivity index (χ4v) is 2.62. The zero-order valence-electron chi connectivity index (χ0n) is 14.6. The Balaban J connectivity index is 2.75. The summed E-state index contributed by atoms with van der Waals surface area (Å²) in [5.41, 5.74) is -3.38. The predicted molar refractivity (Wildman–Crippen MR) is 89.6 cm³/mol. The fraction of sp³-hybridized carbons (Fsp3) is 0.333. The van der Waals surface area contributed by atoms with E-state index < -0.39 is 29.8 Å². The van der Waals surface area contributed by atoms with Crippen LogP contribution in [0.4, 0.5) is 17.6 Å². The van der Waals surface area contributed by atoms with Gasteiger partial charge < -0.3 is 15.2 Å². The van der Waals surface area contributed by atoms with Gasteiger partial charge in [0.05, 0.1) is 19.3 Å². The number of hydrogen-bond donors (Lipinski definition) is 2. The van der Waals surface area contributed by atoms with Crippen molar-refractivity contribution in [2.24, 2.45) is 0 Å². The number of pyridine rings is 1. The molecule has 0 saturated heterocycles. The van der Waals surface area contributed by atoms with E-state index in [0.717, 1.165) is 18.2 Å². The van der Waals surface area contributed by atoms with Crippen molar-refractivity contribution in [3.63, 3.8) is 0 Å². The Morgan fingerprint density at radius 3 is 2.37 bits per heavy atom. The van der Waals surface area contributed by atoms with E-state index in [-0.39, 0.29) is 17.9 Å². The van der Waals surface area contributed by atoms with Gasteiger partial charge in [-0.15, -0.1) is 0 Å². The van der Waals surface area contributed by atoms with Gasteiger partial charge in [0.25, 0.3) is 0 Å². The van der Waals surface area contributed by atoms with Crippen LogP contribution in [0, 0.1) is 5.82 Å². The second-order valence-corrected chi connectivity index (χ2v) is 5.77. The summed E-state index contributed by atoms with van der Waals surface area (Å²) >= 11 is 0. The highest BCUT2D eigenvalue weighted by atomic mass is 19.4. The fourth-order valence-electron chi connectivity index (χ4n) is 2.62. The average molecular weight is 386 g/mol. The molecule has 2 N–H and O–H groups in total. The zero-order chi connectivity index (χ0) is 20.2. The Labute approximate surface area is 153 Å². The molecule has 27 heavy (non-hydrogen) atoms. The van der Waals surface area contributed by atoms with Crippen LogP contribution in [0.3, 0.4) is 0 Å². The number of nitrogens with one attached hydrogen (secondary N) is 1. The van der Waals surface area contributed by atoms with E-state index in [1.807, 2.05) is 5.32 Å². The number of amides is 1. The van der Waals surface area contributed by atoms with Crippen LogP contribution in [0.15, 0.2) is 30.3 Å². The topological polar surface area (TPSA) is 71.5 Å². The van der Waals surface area contributed by atoms with Crippen LogP contribution in [0.2, 0.25) is 0 Å². The van der Waals surface area contributed by atoms with Gasteiger partial charge in [0.1, 0.15) is 17.3 Å². The summed E-state index contributed by atoms with van der Waals surface area (Å²) in [6.45, 7) is 0.595. The summed E-state index contributed by atoms with van der Waals surface area (Å²) in [6, 6.07) is 6.06. The first-order valence-corrected chi connectivity index (χ1v) is 7.98. The number of alkyl halides is 3. The van der Waals surface area contributed by atoms with Crippen molar-refractivity contribution in [3.8, 4) is 17.0 Å². The van der Waals surface area contributed by atoms with Crippen molar-refractivity contribution >= 4 is 6.41 Å². The van der Waals surface area contributed by atoms with Crippen LogP contribution in [0.5, 0.6) is 5.75 Å². The lowest BCUT2D eigenvalue weighted by Crippen LogP contribution is -2.50. The molecule has 1 amide bonds. The van der Waals surface area contributed by atoms with Crippen LogP contribution in [-0.2, 0) is 16.8 Å². The van der Waals surface area contributed by atoms with Crippen LogP contribution < -0.4 is 10.1 Å². The highest BCUT2D eigenvalue weighted by Crippen LogP contribution is 2.41. The SMILES string of the molecule is CCc1cc(C(O)(CNC=O)C(F)(F)F)nc(-c2ccc(F)cc2)c1OC. The maximum Gasteiger partial charge on any atom is 0.424 e. The number of carbonyl (C=O) groups excluding carboxylic acids is 1. The lowest BCUT2D eigenvalue weighted by molar-refractivity contribution is -0.265. The first-order valence-electron chi connectivity index (χ1n) is 7.98. The number of ether oxygens (including phenoxy) is 1. The molecule has 0 bridgehead atoms. The van der Waals surface area contributed by atoms with Crippen molar-refractivity contribution in [1.82, 2.24) is 10.3 Å². The number of methoxy groups -OCH3 is 1. The molecule has 146 valence electrons. The molecule has 1 aromatic heterocycles. The molecule has 0 fully saturated rings. The van der Waals surface area contributed by atoms with Gasteiger partial charge in [0.2, 0.25) is 12.0 Å². The van der Waals surface area contributed by atoms with Crippen molar-refractivity contribution in [1.29, 1.82) is 0 Å². The van der Waals surface area contributed by atoms with Crippen molar-refractivity contribution in [3.05, 3.63) is 47.4 Å². The number of hydrogen-bond acceptors (Lipinski definition) is 4. The number of nitrogens with zero attached hydrogens (tertiary/aromatic N) is 1. The average Bonchev–Trinajstić information content (AvgIpc) is 2.64. The number of aryl methyl sites for hydroxylation is 1. The minimum absolute atomic E-state index is 0.0284. The molecule has 0 aliphatic carbocycles. The quantitative estimate of drug-likeness (QED) is 0.567. The van der Waals surface area contributed by atoms with Gasteiger partial charge in [-0.25, -0.2) is 9.37 Å². The Morgan fingerprint density at radius 1 is 1.26 bits per heavy atom. The van der Waals surface area contributed by atoms with E-state index in [1.165, 1.54) is 19.2 Å². The molecule has 0 aliphatic heterocycles. The Hall–Kier alpha value is -2.68. The lowest BCUT2D eigenvalue weighted by Gasteiger charge is -2.30. The molecule has 0 radical (unpaired) electrons. The zero-order valence-corrected chi connectivity index (χ0v) is 14.6. The number of carbonyl (C=O) groups is 1. The third kappa shape index (κ3) is 4.02. The van der Waals surface area contributed by atoms with Gasteiger partial charge in [-0.05, 0) is 42.3 Å². The maximum atomic E-state index is 13.6. The van der Waals surface area contributed by atoms with Gasteiger partial charge in [0.15, 0.2) is 0 Å². The molecular formula is C18H18F4N2O3. The normalized spacial score (nSPS) is 13.7. The standard InChI is InChI=1S/C18H18F4N2O3/c1-3-11-8-14(17(26,9-23-10-25)18(20,21)22)24-15(16(11)27-2)12-4-6-13(19)7-5-12/h4-8,10,26H,3,9H2,1-2H3,(H,23,25). The second kappa shape index (κ2) is 7.91. The number of benzene rings is 1. The van der Waals surface area contributed by atoms with Crippen molar-refractivity contribution in [2.45, 2.75) is 25.1 Å². The third-order valence-electron chi connectivity index (χ3n) is 4.09. The Bertz CT molecular complexity index is 809. The molecule has 0 spiro atoms. The highest BCUT2D eigenvalue weighted by molar-refractivity contribution is 5.69. The molecule has 5 nitrogen and oxygen atoms in total. The van der Waals surface area contributed by atoms with Crippen molar-refractivity contribution in [2.75, 3.05) is 13.7 Å². The molecule has 2 rings (SSSR count). The Kier molecular flexibility index (Phi) is 6.04. The van der Waals surface area contributed by atoms with Gasteiger partial charge >= 0.3 is 6.18 Å². The smallest absolute Gasteiger partial charge is 0.424 e. The van der Waals surface area contributed by atoms with Gasteiger partial charge in [-0.3, -0.25) is 4.79 Å². The number of aliphatic hydroxyl groups is 1. The number of halogens is 4. The Morgan fingerprint density at radius 2 is 1.89 bits per heavy atom. The van der Waals surface area contributed by atoms with Crippen LogP contribution in [-0.4, -0.2) is 36.3 Å². The molecule has 1 heterocycles. The van der Waals surface area contributed by atoms with Crippen molar-refractivity contribution < 1.29 is 32.2 Å². The molecule has 1 aromatic carbocycles. The van der Waals surface area contributed by atoms with E-state index in [4.69, 9.17) is 4.74 Å². The predicted octanol–water partition coefficient (Wildman–Crippen LogP) is 2.95. The molecule has 0 saturated carbocycles. The van der Waals surface area contributed by atoms with Crippen LogP contribution >= 0.6 is 0 Å². The summed E-state index contributed by atoms with van der Waals surface area (Å²) in [5.74, 6) is -0.299.